The molecule has 0 aliphatic heterocycles. The van der Waals surface area contributed by atoms with E-state index in [-0.39, 0.29) is 18.4 Å². The van der Waals surface area contributed by atoms with Crippen molar-refractivity contribution in [1.29, 1.82) is 0 Å². The van der Waals surface area contributed by atoms with Gasteiger partial charge >= 0.3 is 0 Å². The van der Waals surface area contributed by atoms with Crippen LogP contribution in [0, 0.1) is 0 Å². The summed E-state index contributed by atoms with van der Waals surface area (Å²) in [4.78, 5) is 16.0. The van der Waals surface area contributed by atoms with Crippen molar-refractivity contribution in [3.63, 3.8) is 0 Å². The van der Waals surface area contributed by atoms with E-state index in [9.17, 15) is 4.79 Å². The SMILES string of the molecule is CCc1cc(C(=O)NC(C)(CO)CO)cc(Cl)n1. The highest BCUT2D eigenvalue weighted by Crippen LogP contribution is 2.13. The topological polar surface area (TPSA) is 82.5 Å². The van der Waals surface area contributed by atoms with Gasteiger partial charge in [0.1, 0.15) is 5.15 Å². The molecule has 0 aromatic carbocycles. The molecule has 0 fully saturated rings. The van der Waals surface area contributed by atoms with Gasteiger partial charge in [-0.25, -0.2) is 4.98 Å². The molecule has 0 bridgehead atoms. The molecule has 0 atom stereocenters. The van der Waals surface area contributed by atoms with Gasteiger partial charge in [-0.1, -0.05) is 18.5 Å². The molecular weight excluding hydrogens is 256 g/mol. The summed E-state index contributed by atoms with van der Waals surface area (Å²) in [6.45, 7) is 2.75. The number of amides is 1. The number of aryl methyl sites for hydroxylation is 1. The Labute approximate surface area is 111 Å². The minimum absolute atomic E-state index is 0.245. The highest BCUT2D eigenvalue weighted by molar-refractivity contribution is 6.29. The van der Waals surface area contributed by atoms with Gasteiger partial charge in [0.05, 0.1) is 18.8 Å². The molecule has 0 radical (unpaired) electrons. The van der Waals surface area contributed by atoms with E-state index in [0.717, 1.165) is 0 Å². The number of hydrogen-bond donors (Lipinski definition) is 3. The zero-order chi connectivity index (χ0) is 13.8. The van der Waals surface area contributed by atoms with Crippen molar-refractivity contribution in [2.75, 3.05) is 13.2 Å². The Morgan fingerprint density at radius 3 is 2.56 bits per heavy atom. The first-order valence-corrected chi connectivity index (χ1v) is 6.02. The Hall–Kier alpha value is -1.17. The van der Waals surface area contributed by atoms with Gasteiger partial charge in [-0.15, -0.1) is 0 Å². The van der Waals surface area contributed by atoms with Crippen molar-refractivity contribution in [3.05, 3.63) is 28.5 Å². The molecule has 0 aliphatic rings. The first-order valence-electron chi connectivity index (χ1n) is 5.65. The van der Waals surface area contributed by atoms with E-state index in [0.29, 0.717) is 17.7 Å². The van der Waals surface area contributed by atoms with E-state index in [1.54, 1.807) is 13.0 Å². The number of carbonyl (C=O) groups is 1. The summed E-state index contributed by atoms with van der Waals surface area (Å²) in [5.74, 6) is -0.403. The number of nitrogens with zero attached hydrogens (tertiary/aromatic N) is 1. The fourth-order valence-corrected chi connectivity index (χ4v) is 1.56. The van der Waals surface area contributed by atoms with Crippen LogP contribution >= 0.6 is 11.6 Å². The number of aromatic nitrogens is 1. The van der Waals surface area contributed by atoms with Crippen LogP contribution in [-0.4, -0.2) is 39.9 Å². The third-order valence-corrected chi connectivity index (χ3v) is 2.78. The molecule has 0 saturated heterocycles. The smallest absolute Gasteiger partial charge is 0.252 e. The zero-order valence-corrected chi connectivity index (χ0v) is 11.2. The first-order chi connectivity index (χ1) is 8.44. The Morgan fingerprint density at radius 1 is 1.44 bits per heavy atom. The van der Waals surface area contributed by atoms with E-state index >= 15 is 0 Å². The van der Waals surface area contributed by atoms with Crippen molar-refractivity contribution < 1.29 is 15.0 Å². The Balaban J connectivity index is 2.94. The summed E-state index contributed by atoms with van der Waals surface area (Å²) in [6, 6.07) is 3.08. The minimum atomic E-state index is -1.06. The summed E-state index contributed by atoms with van der Waals surface area (Å²) in [7, 11) is 0. The van der Waals surface area contributed by atoms with Crippen LogP contribution in [0.15, 0.2) is 12.1 Å². The summed E-state index contributed by atoms with van der Waals surface area (Å²) < 4.78 is 0. The fourth-order valence-electron chi connectivity index (χ4n) is 1.34. The number of aliphatic hydroxyl groups excluding tert-OH is 2. The molecule has 0 aliphatic carbocycles. The number of hydrogen-bond acceptors (Lipinski definition) is 4. The fraction of sp³-hybridized carbons (Fsp3) is 0.500. The molecule has 0 saturated carbocycles. The minimum Gasteiger partial charge on any atom is -0.394 e. The van der Waals surface area contributed by atoms with Crippen LogP contribution in [0.5, 0.6) is 0 Å². The lowest BCUT2D eigenvalue weighted by molar-refractivity contribution is 0.0723. The summed E-state index contributed by atoms with van der Waals surface area (Å²) >= 11 is 5.82. The van der Waals surface area contributed by atoms with Crippen molar-refractivity contribution >= 4 is 17.5 Å². The average molecular weight is 273 g/mol. The van der Waals surface area contributed by atoms with Crippen LogP contribution in [0.4, 0.5) is 0 Å². The molecule has 5 nitrogen and oxygen atoms in total. The summed E-state index contributed by atoms with van der Waals surface area (Å²) in [6.07, 6.45) is 0.665. The number of nitrogens with one attached hydrogen (secondary N) is 1. The van der Waals surface area contributed by atoms with E-state index in [1.165, 1.54) is 6.07 Å². The van der Waals surface area contributed by atoms with Gasteiger partial charge in [0, 0.05) is 11.3 Å². The van der Waals surface area contributed by atoms with Crippen LogP contribution < -0.4 is 5.32 Å². The Morgan fingerprint density at radius 2 is 2.06 bits per heavy atom. The van der Waals surface area contributed by atoms with Crippen LogP contribution in [0.3, 0.4) is 0 Å². The van der Waals surface area contributed by atoms with E-state index in [1.807, 2.05) is 6.92 Å². The maximum atomic E-state index is 12.0. The second-order valence-corrected chi connectivity index (χ2v) is 4.74. The van der Waals surface area contributed by atoms with Crippen molar-refractivity contribution in [1.82, 2.24) is 10.3 Å². The number of aliphatic hydroxyl groups is 2. The highest BCUT2D eigenvalue weighted by Gasteiger charge is 2.25. The molecule has 1 heterocycles. The summed E-state index contributed by atoms with van der Waals surface area (Å²) in [5, 5.41) is 21.1. The molecule has 3 N–H and O–H groups in total. The van der Waals surface area contributed by atoms with Gasteiger partial charge in [-0.05, 0) is 25.5 Å². The standard InChI is InChI=1S/C12H17ClN2O3/c1-3-9-4-8(5-10(13)14-9)11(18)15-12(2,6-16)7-17/h4-5,16-17H,3,6-7H2,1-2H3,(H,15,18). The molecule has 0 unspecified atom stereocenters. The maximum Gasteiger partial charge on any atom is 0.252 e. The first kappa shape index (κ1) is 14.9. The maximum absolute atomic E-state index is 12.0. The molecule has 1 amide bonds. The van der Waals surface area contributed by atoms with Crippen molar-refractivity contribution in [3.8, 4) is 0 Å². The Bertz CT molecular complexity index is 433. The average Bonchev–Trinajstić information content (AvgIpc) is 2.37. The second-order valence-electron chi connectivity index (χ2n) is 4.35. The van der Waals surface area contributed by atoms with Crippen LogP contribution in [0.1, 0.15) is 29.9 Å². The lowest BCUT2D eigenvalue weighted by atomic mass is 10.0. The number of rotatable bonds is 5. The van der Waals surface area contributed by atoms with E-state index < -0.39 is 11.4 Å². The van der Waals surface area contributed by atoms with E-state index in [4.69, 9.17) is 21.8 Å². The molecule has 100 valence electrons. The third-order valence-electron chi connectivity index (χ3n) is 2.58. The van der Waals surface area contributed by atoms with Gasteiger partial charge in [0.2, 0.25) is 0 Å². The largest absolute Gasteiger partial charge is 0.394 e. The van der Waals surface area contributed by atoms with Crippen LogP contribution in [0.2, 0.25) is 5.15 Å². The second kappa shape index (κ2) is 6.13. The zero-order valence-electron chi connectivity index (χ0n) is 10.4. The van der Waals surface area contributed by atoms with E-state index in [2.05, 4.69) is 10.3 Å². The van der Waals surface area contributed by atoms with Crippen LogP contribution in [-0.2, 0) is 6.42 Å². The predicted octanol–water partition coefficient (Wildman–Crippen LogP) is 0.770. The lowest BCUT2D eigenvalue weighted by Gasteiger charge is -2.26. The Kier molecular flexibility index (Phi) is 5.07. The van der Waals surface area contributed by atoms with Crippen molar-refractivity contribution in [2.24, 2.45) is 0 Å². The number of halogens is 1. The van der Waals surface area contributed by atoms with Gasteiger partial charge in [0.25, 0.3) is 5.91 Å². The van der Waals surface area contributed by atoms with Gasteiger partial charge in [-0.2, -0.15) is 0 Å². The van der Waals surface area contributed by atoms with Gasteiger partial charge in [0.15, 0.2) is 0 Å². The van der Waals surface area contributed by atoms with Gasteiger partial charge in [-0.3, -0.25) is 4.79 Å². The molecule has 6 heteroatoms. The summed E-state index contributed by atoms with van der Waals surface area (Å²) in [5.41, 5.74) is 0.0153. The quantitative estimate of drug-likeness (QED) is 0.692. The van der Waals surface area contributed by atoms with Crippen LogP contribution in [0.25, 0.3) is 0 Å². The van der Waals surface area contributed by atoms with Crippen molar-refractivity contribution in [2.45, 2.75) is 25.8 Å². The number of carbonyl (C=O) groups excluding carboxylic acids is 1. The lowest BCUT2D eigenvalue weighted by Crippen LogP contribution is -2.51. The monoisotopic (exact) mass is 272 g/mol. The number of pyridine rings is 1. The predicted molar refractivity (Wildman–Crippen MR) is 68.7 cm³/mol. The normalized spacial score (nSPS) is 11.4. The molecule has 1 aromatic heterocycles. The highest BCUT2D eigenvalue weighted by atomic mass is 35.5. The molecule has 18 heavy (non-hydrogen) atoms. The third kappa shape index (κ3) is 3.66. The molecule has 1 rings (SSSR count). The molecule has 1 aromatic rings. The van der Waals surface area contributed by atoms with Gasteiger partial charge < -0.3 is 15.5 Å². The molecule has 0 spiro atoms. The molecular formula is C12H17ClN2O3.